The van der Waals surface area contributed by atoms with Gasteiger partial charge in [0, 0.05) is 6.07 Å². The van der Waals surface area contributed by atoms with E-state index in [1.54, 1.807) is 6.92 Å². The molecule has 0 saturated heterocycles. The molecule has 15 heavy (non-hydrogen) atoms. The number of hydrogen-bond acceptors (Lipinski definition) is 4. The minimum absolute atomic E-state index is 0.0657. The van der Waals surface area contributed by atoms with Crippen LogP contribution in [0.1, 0.15) is 30.8 Å². The number of carboxylic acids is 1. The number of hydrogen-bond donors (Lipinski definition) is 2. The summed E-state index contributed by atoms with van der Waals surface area (Å²) in [5.74, 6) is -1.64. The molecule has 0 spiro atoms. The molecule has 82 valence electrons. The normalized spacial score (nSPS) is 14.3. The summed E-state index contributed by atoms with van der Waals surface area (Å²) < 4.78 is 4.49. The summed E-state index contributed by atoms with van der Waals surface area (Å²) in [4.78, 5) is 22.4. The first kappa shape index (κ1) is 11.2. The van der Waals surface area contributed by atoms with Crippen LogP contribution in [0.5, 0.6) is 0 Å². The fourth-order valence-corrected chi connectivity index (χ4v) is 0.937. The molecule has 0 aromatic carbocycles. The van der Waals surface area contributed by atoms with Crippen molar-refractivity contribution in [1.29, 1.82) is 0 Å². The van der Waals surface area contributed by atoms with E-state index in [-0.39, 0.29) is 12.1 Å². The lowest BCUT2D eigenvalue weighted by molar-refractivity contribution is -0.143. The Balaban J connectivity index is 2.77. The Bertz CT molecular complexity index is 360. The van der Waals surface area contributed by atoms with E-state index in [1.807, 2.05) is 0 Å². The summed E-state index contributed by atoms with van der Waals surface area (Å²) in [6.45, 7) is 3.12. The molecule has 1 amide bonds. The highest BCUT2D eigenvalue weighted by atomic mass is 16.5. The average Bonchev–Trinajstić information content (AvgIpc) is 2.70. The monoisotopic (exact) mass is 212 g/mol. The number of carbonyl (C=O) groups is 2. The second-order valence-electron chi connectivity index (χ2n) is 3.33. The molecule has 0 aliphatic carbocycles. The number of aliphatic carboxylic acids is 1. The van der Waals surface area contributed by atoms with Gasteiger partial charge in [-0.05, 0) is 13.3 Å². The third-order valence-electron chi connectivity index (χ3n) is 2.24. The van der Waals surface area contributed by atoms with Crippen molar-refractivity contribution >= 4 is 11.9 Å². The van der Waals surface area contributed by atoms with E-state index >= 15 is 0 Å². The Labute approximate surface area is 86.3 Å². The maximum absolute atomic E-state index is 11.5. The van der Waals surface area contributed by atoms with Crippen molar-refractivity contribution in [3.8, 4) is 0 Å². The van der Waals surface area contributed by atoms with Crippen molar-refractivity contribution in [2.24, 2.45) is 0 Å². The molecule has 0 radical (unpaired) electrons. The zero-order valence-corrected chi connectivity index (χ0v) is 8.48. The van der Waals surface area contributed by atoms with Crippen molar-refractivity contribution in [3.63, 3.8) is 0 Å². The van der Waals surface area contributed by atoms with Gasteiger partial charge in [0.05, 0.1) is 0 Å². The zero-order valence-electron chi connectivity index (χ0n) is 8.48. The summed E-state index contributed by atoms with van der Waals surface area (Å²) in [5, 5.41) is 14.7. The van der Waals surface area contributed by atoms with E-state index in [2.05, 4.69) is 15.0 Å². The minimum Gasteiger partial charge on any atom is -0.480 e. The van der Waals surface area contributed by atoms with Gasteiger partial charge in [-0.2, -0.15) is 0 Å². The first-order valence-electron chi connectivity index (χ1n) is 4.46. The molecular formula is C9H12N2O4. The van der Waals surface area contributed by atoms with Crippen LogP contribution in [0.2, 0.25) is 0 Å². The Morgan fingerprint density at radius 3 is 2.73 bits per heavy atom. The van der Waals surface area contributed by atoms with Crippen LogP contribution in [0.3, 0.4) is 0 Å². The minimum atomic E-state index is -1.28. The highest BCUT2D eigenvalue weighted by molar-refractivity contribution is 5.96. The predicted octanol–water partition coefficient (Wildman–Crippen LogP) is 0.658. The van der Waals surface area contributed by atoms with Gasteiger partial charge in [-0.25, -0.2) is 4.79 Å². The molecule has 6 nitrogen and oxygen atoms in total. The smallest absolute Gasteiger partial charge is 0.329 e. The first-order chi connectivity index (χ1) is 6.99. The van der Waals surface area contributed by atoms with Gasteiger partial charge in [0.2, 0.25) is 0 Å². The predicted molar refractivity (Wildman–Crippen MR) is 50.3 cm³/mol. The van der Waals surface area contributed by atoms with Crippen LogP contribution >= 0.6 is 0 Å². The fraction of sp³-hybridized carbons (Fsp3) is 0.444. The van der Waals surface area contributed by atoms with E-state index < -0.39 is 17.4 Å². The Morgan fingerprint density at radius 1 is 1.67 bits per heavy atom. The lowest BCUT2D eigenvalue weighted by Crippen LogP contribution is -2.51. The Hall–Kier alpha value is -1.85. The summed E-state index contributed by atoms with van der Waals surface area (Å²) in [7, 11) is 0. The number of amides is 1. The maximum atomic E-state index is 11.5. The number of carbonyl (C=O) groups excluding carboxylic acids is 1. The molecular weight excluding hydrogens is 200 g/mol. The van der Waals surface area contributed by atoms with Gasteiger partial charge in [-0.1, -0.05) is 12.1 Å². The van der Waals surface area contributed by atoms with Crippen molar-refractivity contribution in [3.05, 3.63) is 18.0 Å². The van der Waals surface area contributed by atoms with Crippen LogP contribution in [-0.2, 0) is 4.79 Å². The summed E-state index contributed by atoms with van der Waals surface area (Å²) in [5.41, 5.74) is -1.22. The molecule has 1 aromatic rings. The van der Waals surface area contributed by atoms with Crippen molar-refractivity contribution in [2.45, 2.75) is 25.8 Å². The molecule has 0 aliphatic heterocycles. The molecule has 0 aliphatic rings. The van der Waals surface area contributed by atoms with Crippen LogP contribution in [0.15, 0.2) is 16.9 Å². The van der Waals surface area contributed by atoms with Gasteiger partial charge in [0.25, 0.3) is 5.91 Å². The van der Waals surface area contributed by atoms with Crippen LogP contribution < -0.4 is 5.32 Å². The maximum Gasteiger partial charge on any atom is 0.329 e. The number of nitrogens with one attached hydrogen (secondary N) is 1. The van der Waals surface area contributed by atoms with Gasteiger partial charge in [-0.3, -0.25) is 4.79 Å². The number of carboxylic acid groups (broad SMARTS) is 1. The molecule has 1 rings (SSSR count). The summed E-state index contributed by atoms with van der Waals surface area (Å²) >= 11 is 0. The van der Waals surface area contributed by atoms with Crippen molar-refractivity contribution in [2.75, 3.05) is 0 Å². The highest BCUT2D eigenvalue weighted by Crippen LogP contribution is 2.10. The molecule has 1 atom stereocenters. The van der Waals surface area contributed by atoms with Crippen LogP contribution in [0, 0.1) is 0 Å². The van der Waals surface area contributed by atoms with Gasteiger partial charge >= 0.3 is 5.97 Å². The van der Waals surface area contributed by atoms with E-state index in [9.17, 15) is 9.59 Å². The molecule has 0 fully saturated rings. The third kappa shape index (κ3) is 2.34. The molecule has 1 aromatic heterocycles. The molecule has 1 heterocycles. The lowest BCUT2D eigenvalue weighted by Gasteiger charge is -2.23. The molecule has 6 heteroatoms. The lowest BCUT2D eigenvalue weighted by atomic mass is 9.99. The summed E-state index contributed by atoms with van der Waals surface area (Å²) in [6.07, 6.45) is 1.53. The quantitative estimate of drug-likeness (QED) is 0.764. The molecule has 2 N–H and O–H groups in total. The van der Waals surface area contributed by atoms with E-state index in [0.29, 0.717) is 0 Å². The van der Waals surface area contributed by atoms with Gasteiger partial charge in [-0.15, -0.1) is 0 Å². The molecule has 0 bridgehead atoms. The topological polar surface area (TPSA) is 92.4 Å². The Morgan fingerprint density at radius 2 is 2.33 bits per heavy atom. The fourth-order valence-electron chi connectivity index (χ4n) is 0.937. The second-order valence-corrected chi connectivity index (χ2v) is 3.33. The number of nitrogens with zero attached hydrogens (tertiary/aromatic N) is 1. The van der Waals surface area contributed by atoms with Crippen molar-refractivity contribution in [1.82, 2.24) is 10.5 Å². The van der Waals surface area contributed by atoms with Crippen LogP contribution in [-0.4, -0.2) is 27.7 Å². The molecule has 0 saturated carbocycles. The zero-order chi connectivity index (χ0) is 11.5. The average molecular weight is 212 g/mol. The Kier molecular flexibility index (Phi) is 3.08. The number of rotatable bonds is 4. The third-order valence-corrected chi connectivity index (χ3v) is 2.24. The molecule has 1 unspecified atom stereocenters. The van der Waals surface area contributed by atoms with E-state index in [1.165, 1.54) is 19.3 Å². The van der Waals surface area contributed by atoms with Crippen molar-refractivity contribution < 1.29 is 19.2 Å². The van der Waals surface area contributed by atoms with Crippen LogP contribution in [0.4, 0.5) is 0 Å². The van der Waals surface area contributed by atoms with E-state index in [0.717, 1.165) is 0 Å². The number of aromatic nitrogens is 1. The SMILES string of the molecule is CCC(C)(NC(=O)c1ccon1)C(=O)O. The second kappa shape index (κ2) is 4.12. The van der Waals surface area contributed by atoms with Gasteiger partial charge in [0.15, 0.2) is 5.69 Å². The van der Waals surface area contributed by atoms with E-state index in [4.69, 9.17) is 5.11 Å². The summed E-state index contributed by atoms with van der Waals surface area (Å²) in [6, 6.07) is 1.37. The van der Waals surface area contributed by atoms with Gasteiger partial charge < -0.3 is 14.9 Å². The van der Waals surface area contributed by atoms with Gasteiger partial charge in [0.1, 0.15) is 11.8 Å². The highest BCUT2D eigenvalue weighted by Gasteiger charge is 2.33. The standard InChI is InChI=1S/C9H12N2O4/c1-3-9(2,8(13)14)10-7(12)6-4-5-15-11-6/h4-5H,3H2,1-2H3,(H,10,12)(H,13,14). The van der Waals surface area contributed by atoms with Crippen LogP contribution in [0.25, 0.3) is 0 Å². The largest absolute Gasteiger partial charge is 0.480 e. The first-order valence-corrected chi connectivity index (χ1v) is 4.46.